The quantitative estimate of drug-likeness (QED) is 0.758. The second-order valence-electron chi connectivity index (χ2n) is 4.66. The first-order valence-electron chi connectivity index (χ1n) is 6.32. The number of thiophene rings is 1. The molecule has 0 radical (unpaired) electrons. The standard InChI is InChI=1S/C15H11N3OS/c19-15-14-11(12(16-15)9-5-2-1-3-6-9)13(17-18-14)10-7-4-8-20-10/h1-8,12H,(H,16,19)(H,17,18). The van der Waals surface area contributed by atoms with Crippen molar-refractivity contribution in [3.05, 3.63) is 64.7 Å². The van der Waals surface area contributed by atoms with Crippen molar-refractivity contribution < 1.29 is 4.79 Å². The van der Waals surface area contributed by atoms with Crippen LogP contribution >= 0.6 is 11.3 Å². The third-order valence-corrected chi connectivity index (χ3v) is 4.37. The molecule has 20 heavy (non-hydrogen) atoms. The fourth-order valence-corrected chi connectivity index (χ4v) is 3.31. The summed E-state index contributed by atoms with van der Waals surface area (Å²) in [6, 6.07) is 13.9. The maximum Gasteiger partial charge on any atom is 0.272 e. The van der Waals surface area contributed by atoms with E-state index in [1.807, 2.05) is 47.8 Å². The molecule has 1 amide bonds. The molecule has 5 heteroatoms. The third-order valence-electron chi connectivity index (χ3n) is 3.48. The number of aromatic amines is 1. The molecule has 4 nitrogen and oxygen atoms in total. The highest BCUT2D eigenvalue weighted by molar-refractivity contribution is 7.13. The molecule has 4 rings (SSSR count). The van der Waals surface area contributed by atoms with Crippen molar-refractivity contribution in [2.75, 3.05) is 0 Å². The van der Waals surface area contributed by atoms with Crippen LogP contribution in [-0.4, -0.2) is 16.1 Å². The van der Waals surface area contributed by atoms with E-state index in [0.717, 1.165) is 21.7 Å². The molecule has 1 atom stereocenters. The summed E-state index contributed by atoms with van der Waals surface area (Å²) in [5.41, 5.74) is 3.45. The van der Waals surface area contributed by atoms with Crippen LogP contribution < -0.4 is 5.32 Å². The van der Waals surface area contributed by atoms with Crippen molar-refractivity contribution in [3.8, 4) is 10.6 Å². The van der Waals surface area contributed by atoms with E-state index in [4.69, 9.17) is 0 Å². The predicted molar refractivity (Wildman–Crippen MR) is 77.7 cm³/mol. The molecule has 0 spiro atoms. The van der Waals surface area contributed by atoms with Crippen LogP contribution in [0.2, 0.25) is 0 Å². The first-order valence-corrected chi connectivity index (χ1v) is 7.20. The number of hydrogen-bond donors (Lipinski definition) is 2. The maximum atomic E-state index is 12.0. The second kappa shape index (κ2) is 4.31. The lowest BCUT2D eigenvalue weighted by molar-refractivity contribution is 0.0955. The molecule has 0 saturated carbocycles. The van der Waals surface area contributed by atoms with Crippen molar-refractivity contribution in [2.45, 2.75) is 6.04 Å². The number of rotatable bonds is 2. The number of carbonyl (C=O) groups excluding carboxylic acids is 1. The minimum Gasteiger partial charge on any atom is -0.340 e. The van der Waals surface area contributed by atoms with Crippen LogP contribution in [0, 0.1) is 0 Å². The molecule has 0 aliphatic carbocycles. The second-order valence-corrected chi connectivity index (χ2v) is 5.60. The minimum absolute atomic E-state index is 0.118. The topological polar surface area (TPSA) is 57.8 Å². The summed E-state index contributed by atoms with van der Waals surface area (Å²) in [5, 5.41) is 12.2. The highest BCUT2D eigenvalue weighted by atomic mass is 32.1. The summed E-state index contributed by atoms with van der Waals surface area (Å²) < 4.78 is 0. The lowest BCUT2D eigenvalue weighted by Crippen LogP contribution is -2.21. The lowest BCUT2D eigenvalue weighted by Gasteiger charge is -2.12. The van der Waals surface area contributed by atoms with Gasteiger partial charge in [0.25, 0.3) is 5.91 Å². The number of benzene rings is 1. The number of fused-ring (bicyclic) bond motifs is 1. The zero-order valence-corrected chi connectivity index (χ0v) is 11.3. The van der Waals surface area contributed by atoms with E-state index in [1.54, 1.807) is 11.3 Å². The molecule has 2 aromatic heterocycles. The molecule has 0 fully saturated rings. The van der Waals surface area contributed by atoms with Crippen LogP contribution in [0.3, 0.4) is 0 Å². The van der Waals surface area contributed by atoms with Crippen LogP contribution in [0.15, 0.2) is 47.8 Å². The average Bonchev–Trinajstić information content (AvgIpc) is 3.17. The largest absolute Gasteiger partial charge is 0.340 e. The first-order chi connectivity index (χ1) is 9.84. The Hall–Kier alpha value is -2.40. The van der Waals surface area contributed by atoms with Crippen LogP contribution in [0.5, 0.6) is 0 Å². The van der Waals surface area contributed by atoms with Crippen molar-refractivity contribution in [3.63, 3.8) is 0 Å². The Balaban J connectivity index is 1.89. The SMILES string of the molecule is O=C1NC(c2ccccc2)c2c1n[nH]c2-c1cccs1. The van der Waals surface area contributed by atoms with Gasteiger partial charge in [0, 0.05) is 5.56 Å². The Bertz CT molecular complexity index is 762. The van der Waals surface area contributed by atoms with Gasteiger partial charge in [0.2, 0.25) is 0 Å². The first kappa shape index (κ1) is 11.4. The van der Waals surface area contributed by atoms with Crippen LogP contribution in [-0.2, 0) is 0 Å². The molecule has 1 aliphatic heterocycles. The van der Waals surface area contributed by atoms with Crippen molar-refractivity contribution >= 4 is 17.2 Å². The molecule has 3 heterocycles. The van der Waals surface area contributed by atoms with Gasteiger partial charge in [-0.3, -0.25) is 9.89 Å². The Kier molecular flexibility index (Phi) is 2.47. The van der Waals surface area contributed by atoms with Crippen LogP contribution in [0.1, 0.15) is 27.7 Å². The summed E-state index contributed by atoms with van der Waals surface area (Å²) >= 11 is 1.63. The monoisotopic (exact) mass is 281 g/mol. The van der Waals surface area contributed by atoms with E-state index in [2.05, 4.69) is 15.5 Å². The van der Waals surface area contributed by atoms with Crippen molar-refractivity contribution in [2.24, 2.45) is 0 Å². The van der Waals surface area contributed by atoms with Gasteiger partial charge in [-0.1, -0.05) is 36.4 Å². The molecule has 3 aromatic rings. The summed E-state index contributed by atoms with van der Waals surface area (Å²) in [6.07, 6.45) is 0. The van der Waals surface area contributed by atoms with Gasteiger partial charge in [-0.05, 0) is 17.0 Å². The number of nitrogens with zero attached hydrogens (tertiary/aromatic N) is 1. The molecule has 98 valence electrons. The Morgan fingerprint density at radius 1 is 1.10 bits per heavy atom. The highest BCUT2D eigenvalue weighted by Crippen LogP contribution is 2.38. The highest BCUT2D eigenvalue weighted by Gasteiger charge is 2.35. The number of aromatic nitrogens is 2. The van der Waals surface area contributed by atoms with E-state index in [1.165, 1.54) is 0 Å². The molecule has 0 bridgehead atoms. The number of H-pyrrole nitrogens is 1. The fourth-order valence-electron chi connectivity index (χ4n) is 2.58. The lowest BCUT2D eigenvalue weighted by atomic mass is 9.99. The van der Waals surface area contributed by atoms with E-state index < -0.39 is 0 Å². The van der Waals surface area contributed by atoms with Crippen molar-refractivity contribution in [1.82, 2.24) is 15.5 Å². The molecule has 1 unspecified atom stereocenters. The van der Waals surface area contributed by atoms with Crippen molar-refractivity contribution in [1.29, 1.82) is 0 Å². The Morgan fingerprint density at radius 3 is 2.70 bits per heavy atom. The number of amides is 1. The third kappa shape index (κ3) is 1.60. The maximum absolute atomic E-state index is 12.0. The molecule has 1 aliphatic rings. The van der Waals surface area contributed by atoms with Gasteiger partial charge in [0.15, 0.2) is 5.69 Å². The smallest absolute Gasteiger partial charge is 0.272 e. The van der Waals surface area contributed by atoms with E-state index >= 15 is 0 Å². The molecule has 0 saturated heterocycles. The molecule has 1 aromatic carbocycles. The molecule has 2 N–H and O–H groups in total. The van der Waals surface area contributed by atoms with Gasteiger partial charge >= 0.3 is 0 Å². The van der Waals surface area contributed by atoms with Gasteiger partial charge in [-0.15, -0.1) is 11.3 Å². The number of carbonyl (C=O) groups is 1. The fraction of sp³-hybridized carbons (Fsp3) is 0.0667. The van der Waals surface area contributed by atoms with E-state index in [-0.39, 0.29) is 11.9 Å². The van der Waals surface area contributed by atoms with Crippen LogP contribution in [0.4, 0.5) is 0 Å². The van der Waals surface area contributed by atoms with Gasteiger partial charge in [-0.2, -0.15) is 5.10 Å². The molecular formula is C15H11N3OS. The van der Waals surface area contributed by atoms with Gasteiger partial charge in [0.05, 0.1) is 16.6 Å². The van der Waals surface area contributed by atoms with Gasteiger partial charge in [0.1, 0.15) is 0 Å². The summed E-state index contributed by atoms with van der Waals surface area (Å²) in [7, 11) is 0. The zero-order valence-electron chi connectivity index (χ0n) is 10.5. The van der Waals surface area contributed by atoms with E-state index in [9.17, 15) is 4.79 Å². The summed E-state index contributed by atoms with van der Waals surface area (Å²) in [4.78, 5) is 13.1. The van der Waals surface area contributed by atoms with E-state index in [0.29, 0.717) is 5.69 Å². The number of nitrogens with one attached hydrogen (secondary N) is 2. The predicted octanol–water partition coefficient (Wildman–Crippen LogP) is 2.97. The molecular weight excluding hydrogens is 270 g/mol. The summed E-state index contributed by atoms with van der Waals surface area (Å²) in [5.74, 6) is -0.118. The average molecular weight is 281 g/mol. The number of hydrogen-bond acceptors (Lipinski definition) is 3. The van der Waals surface area contributed by atoms with Gasteiger partial charge in [-0.25, -0.2) is 0 Å². The normalized spacial score (nSPS) is 17.0. The summed E-state index contributed by atoms with van der Waals surface area (Å²) in [6.45, 7) is 0. The minimum atomic E-state index is -0.130. The zero-order chi connectivity index (χ0) is 13.5. The van der Waals surface area contributed by atoms with Gasteiger partial charge < -0.3 is 5.32 Å². The Morgan fingerprint density at radius 2 is 1.95 bits per heavy atom. The Labute approximate surface area is 119 Å². The van der Waals surface area contributed by atoms with Crippen LogP contribution in [0.25, 0.3) is 10.6 Å².